The van der Waals surface area contributed by atoms with Crippen molar-refractivity contribution < 1.29 is 14.6 Å². The van der Waals surface area contributed by atoms with E-state index in [0.717, 1.165) is 6.54 Å². The van der Waals surface area contributed by atoms with Crippen LogP contribution in [0.3, 0.4) is 0 Å². The van der Waals surface area contributed by atoms with E-state index in [9.17, 15) is 4.79 Å². The summed E-state index contributed by atoms with van der Waals surface area (Å²) in [5.41, 5.74) is 0. The first-order valence-electron chi connectivity index (χ1n) is 4.07. The lowest BCUT2D eigenvalue weighted by Gasteiger charge is -2.13. The molecule has 4 heteroatoms. The highest BCUT2D eigenvalue weighted by Gasteiger charge is 2.14. The van der Waals surface area contributed by atoms with E-state index in [-0.39, 0.29) is 0 Å². The number of nitrogens with zero attached hydrogens (tertiary/aromatic N) is 1. The van der Waals surface area contributed by atoms with Gasteiger partial charge in [0, 0.05) is 6.54 Å². The highest BCUT2D eigenvalue weighted by atomic mass is 16.5. The van der Waals surface area contributed by atoms with Crippen molar-refractivity contribution in [3.8, 4) is 0 Å². The van der Waals surface area contributed by atoms with Crippen LogP contribution in [0.5, 0.6) is 0 Å². The van der Waals surface area contributed by atoms with Gasteiger partial charge < -0.3 is 14.7 Å². The smallest absolute Gasteiger partial charge is 0.332 e. The normalized spacial score (nSPS) is 13.3. The van der Waals surface area contributed by atoms with Crippen LogP contribution >= 0.6 is 0 Å². The van der Waals surface area contributed by atoms with Crippen LogP contribution in [0.2, 0.25) is 0 Å². The highest BCUT2D eigenvalue weighted by Crippen LogP contribution is 1.97. The molecule has 0 spiro atoms. The fourth-order valence-corrected chi connectivity index (χ4v) is 0.741. The van der Waals surface area contributed by atoms with E-state index in [1.165, 1.54) is 0 Å². The summed E-state index contributed by atoms with van der Waals surface area (Å²) in [6.45, 7) is 3.02. The van der Waals surface area contributed by atoms with Gasteiger partial charge in [-0.25, -0.2) is 4.79 Å². The van der Waals surface area contributed by atoms with Crippen molar-refractivity contribution in [2.24, 2.45) is 0 Å². The topological polar surface area (TPSA) is 49.8 Å². The summed E-state index contributed by atoms with van der Waals surface area (Å²) < 4.78 is 5.12. The van der Waals surface area contributed by atoms with Crippen molar-refractivity contribution in [1.29, 1.82) is 0 Å². The molecule has 1 N–H and O–H groups in total. The summed E-state index contributed by atoms with van der Waals surface area (Å²) in [7, 11) is 3.84. The lowest BCUT2D eigenvalue weighted by molar-refractivity contribution is -0.150. The zero-order chi connectivity index (χ0) is 9.56. The molecule has 4 nitrogen and oxygen atoms in total. The molecule has 0 aliphatic rings. The van der Waals surface area contributed by atoms with Crippen molar-refractivity contribution in [3.05, 3.63) is 0 Å². The maximum atomic E-state index is 10.5. The van der Waals surface area contributed by atoms with E-state index < -0.39 is 12.1 Å². The number of aliphatic carboxylic acids is 1. The quantitative estimate of drug-likeness (QED) is 0.636. The van der Waals surface area contributed by atoms with Gasteiger partial charge in [0.05, 0.1) is 6.61 Å². The molecule has 0 aromatic rings. The minimum absolute atomic E-state index is 0.470. The summed E-state index contributed by atoms with van der Waals surface area (Å²) in [6, 6.07) is 0. The van der Waals surface area contributed by atoms with E-state index in [0.29, 0.717) is 13.0 Å². The Kier molecular flexibility index (Phi) is 5.66. The Morgan fingerprint density at radius 1 is 1.58 bits per heavy atom. The van der Waals surface area contributed by atoms with E-state index in [1.807, 2.05) is 19.0 Å². The lowest BCUT2D eigenvalue weighted by atomic mass is 10.3. The molecule has 1 unspecified atom stereocenters. The minimum atomic E-state index is -0.878. The van der Waals surface area contributed by atoms with Crippen LogP contribution in [0.1, 0.15) is 13.3 Å². The second-order valence-electron chi connectivity index (χ2n) is 2.91. The SMILES string of the molecule is CCC(OCCN(C)C)C(=O)O. The van der Waals surface area contributed by atoms with Gasteiger partial charge in [-0.05, 0) is 20.5 Å². The summed E-state index contributed by atoms with van der Waals surface area (Å²) in [5.74, 6) is -0.878. The molecule has 0 aromatic heterocycles. The zero-order valence-electron chi connectivity index (χ0n) is 7.91. The van der Waals surface area contributed by atoms with Gasteiger partial charge in [0.1, 0.15) is 0 Å². The molecule has 12 heavy (non-hydrogen) atoms. The van der Waals surface area contributed by atoms with Crippen molar-refractivity contribution in [2.75, 3.05) is 27.2 Å². The van der Waals surface area contributed by atoms with Crippen LogP contribution in [0.15, 0.2) is 0 Å². The standard InChI is InChI=1S/C8H17NO3/c1-4-7(8(10)11)12-6-5-9(2)3/h7H,4-6H2,1-3H3,(H,10,11). The maximum Gasteiger partial charge on any atom is 0.332 e. The van der Waals surface area contributed by atoms with Gasteiger partial charge in [-0.1, -0.05) is 6.92 Å². The Morgan fingerprint density at radius 3 is 2.50 bits per heavy atom. The number of hydrogen-bond acceptors (Lipinski definition) is 3. The monoisotopic (exact) mass is 175 g/mol. The largest absolute Gasteiger partial charge is 0.479 e. The molecule has 72 valence electrons. The molecule has 0 heterocycles. The van der Waals surface area contributed by atoms with Crippen molar-refractivity contribution >= 4 is 5.97 Å². The predicted molar refractivity (Wildman–Crippen MR) is 46.2 cm³/mol. The first-order valence-corrected chi connectivity index (χ1v) is 4.07. The van der Waals surface area contributed by atoms with Crippen LogP contribution in [0.25, 0.3) is 0 Å². The number of carboxylic acid groups (broad SMARTS) is 1. The Bertz CT molecular complexity index is 136. The minimum Gasteiger partial charge on any atom is -0.479 e. The van der Waals surface area contributed by atoms with Gasteiger partial charge in [-0.3, -0.25) is 0 Å². The lowest BCUT2D eigenvalue weighted by Crippen LogP contribution is -2.27. The fourth-order valence-electron chi connectivity index (χ4n) is 0.741. The number of likely N-dealkylation sites (N-methyl/N-ethyl adjacent to an activating group) is 1. The Hall–Kier alpha value is -0.610. The molecule has 1 atom stereocenters. The third-order valence-corrected chi connectivity index (χ3v) is 1.50. The molecule has 0 amide bonds. The summed E-state index contributed by atoms with van der Waals surface area (Å²) in [5, 5.41) is 8.60. The third-order valence-electron chi connectivity index (χ3n) is 1.50. The Labute approximate surface area is 73.1 Å². The van der Waals surface area contributed by atoms with Gasteiger partial charge in [-0.15, -0.1) is 0 Å². The second-order valence-corrected chi connectivity index (χ2v) is 2.91. The first-order chi connectivity index (χ1) is 5.57. The van der Waals surface area contributed by atoms with Crippen LogP contribution in [0, 0.1) is 0 Å². The van der Waals surface area contributed by atoms with Crippen LogP contribution in [-0.2, 0) is 9.53 Å². The average Bonchev–Trinajstić information content (AvgIpc) is 1.96. The molecule has 0 saturated carbocycles. The summed E-state index contributed by atoms with van der Waals surface area (Å²) in [4.78, 5) is 12.4. The van der Waals surface area contributed by atoms with Crippen molar-refractivity contribution in [2.45, 2.75) is 19.4 Å². The van der Waals surface area contributed by atoms with Gasteiger partial charge >= 0.3 is 5.97 Å². The number of carboxylic acids is 1. The van der Waals surface area contributed by atoms with E-state index in [1.54, 1.807) is 6.92 Å². The van der Waals surface area contributed by atoms with Crippen LogP contribution in [0.4, 0.5) is 0 Å². The molecule has 0 radical (unpaired) electrons. The predicted octanol–water partition coefficient (Wildman–Crippen LogP) is 0.428. The molecule has 0 fully saturated rings. The third kappa shape index (κ3) is 5.09. The second kappa shape index (κ2) is 5.97. The first kappa shape index (κ1) is 11.4. The summed E-state index contributed by atoms with van der Waals surface area (Å²) in [6.07, 6.45) is -0.132. The van der Waals surface area contributed by atoms with Gasteiger partial charge in [0.15, 0.2) is 6.10 Å². The Balaban J connectivity index is 3.52. The van der Waals surface area contributed by atoms with Gasteiger partial charge in [0.25, 0.3) is 0 Å². The molecule has 0 aromatic carbocycles. The molecular formula is C8H17NO3. The maximum absolute atomic E-state index is 10.5. The fraction of sp³-hybridized carbons (Fsp3) is 0.875. The van der Waals surface area contributed by atoms with E-state index in [4.69, 9.17) is 9.84 Å². The van der Waals surface area contributed by atoms with E-state index in [2.05, 4.69) is 0 Å². The number of ether oxygens (including phenoxy) is 1. The van der Waals surface area contributed by atoms with E-state index >= 15 is 0 Å². The zero-order valence-corrected chi connectivity index (χ0v) is 7.91. The molecule has 0 bridgehead atoms. The number of hydrogen-bond donors (Lipinski definition) is 1. The molecule has 0 rings (SSSR count). The number of rotatable bonds is 6. The van der Waals surface area contributed by atoms with Crippen LogP contribution in [-0.4, -0.2) is 49.3 Å². The van der Waals surface area contributed by atoms with Crippen molar-refractivity contribution in [1.82, 2.24) is 4.90 Å². The van der Waals surface area contributed by atoms with Crippen LogP contribution < -0.4 is 0 Å². The molecule has 0 aliphatic heterocycles. The Morgan fingerprint density at radius 2 is 2.17 bits per heavy atom. The molecule has 0 saturated heterocycles. The van der Waals surface area contributed by atoms with Gasteiger partial charge in [0.2, 0.25) is 0 Å². The van der Waals surface area contributed by atoms with Gasteiger partial charge in [-0.2, -0.15) is 0 Å². The average molecular weight is 175 g/mol. The van der Waals surface area contributed by atoms with Crippen molar-refractivity contribution in [3.63, 3.8) is 0 Å². The summed E-state index contributed by atoms with van der Waals surface area (Å²) >= 11 is 0. The molecular weight excluding hydrogens is 158 g/mol. The molecule has 0 aliphatic carbocycles. The highest BCUT2D eigenvalue weighted by molar-refractivity contribution is 5.72. The number of carbonyl (C=O) groups is 1.